The molecule has 0 bridgehead atoms. The molecule has 25 heavy (non-hydrogen) atoms. The summed E-state index contributed by atoms with van der Waals surface area (Å²) < 4.78 is 0. The molecule has 0 saturated carbocycles. The highest BCUT2D eigenvalue weighted by atomic mass is 31.0. The maximum absolute atomic E-state index is 3.07. The van der Waals surface area contributed by atoms with Crippen LogP contribution in [0.5, 0.6) is 0 Å². The van der Waals surface area contributed by atoms with Crippen molar-refractivity contribution in [2.75, 3.05) is 6.16 Å². The molecule has 0 radical (unpaired) electrons. The van der Waals surface area contributed by atoms with Crippen LogP contribution in [0.15, 0.2) is 60.7 Å². The van der Waals surface area contributed by atoms with Crippen LogP contribution in [0.2, 0.25) is 0 Å². The van der Waals surface area contributed by atoms with E-state index in [9.17, 15) is 0 Å². The van der Waals surface area contributed by atoms with Crippen molar-refractivity contribution in [3.63, 3.8) is 0 Å². The highest BCUT2D eigenvalue weighted by Gasteiger charge is 2.27. The van der Waals surface area contributed by atoms with Crippen LogP contribution in [-0.2, 0) is 12.8 Å². The second kappa shape index (κ2) is 11.5. The average Bonchev–Trinajstić information content (AvgIpc) is 2.69. The first-order valence-electron chi connectivity index (χ1n) is 10.1. The van der Waals surface area contributed by atoms with Crippen LogP contribution in [0.1, 0.15) is 63.0 Å². The van der Waals surface area contributed by atoms with E-state index in [2.05, 4.69) is 76.8 Å². The third-order valence-electron chi connectivity index (χ3n) is 5.57. The van der Waals surface area contributed by atoms with Gasteiger partial charge >= 0.3 is 0 Å². The molecule has 136 valence electrons. The smallest absolute Gasteiger partial charge is 0.0257 e. The Balaban J connectivity index is 1.99. The number of aryl methyl sites for hydroxylation is 2. The predicted octanol–water partition coefficient (Wildman–Crippen LogP) is 7.08. The van der Waals surface area contributed by atoms with Gasteiger partial charge in [0.05, 0.1) is 0 Å². The van der Waals surface area contributed by atoms with Crippen LogP contribution < -0.4 is 0 Å². The van der Waals surface area contributed by atoms with Crippen LogP contribution in [-0.4, -0.2) is 6.16 Å². The Morgan fingerprint density at radius 1 is 0.680 bits per heavy atom. The fourth-order valence-electron chi connectivity index (χ4n) is 3.72. The van der Waals surface area contributed by atoms with E-state index < -0.39 is 0 Å². The molecule has 2 rings (SSSR count). The normalized spacial score (nSPS) is 11.6. The highest BCUT2D eigenvalue weighted by Crippen LogP contribution is 2.38. The third-order valence-corrected chi connectivity index (χ3v) is 6.43. The van der Waals surface area contributed by atoms with Gasteiger partial charge in [-0.05, 0) is 54.8 Å². The van der Waals surface area contributed by atoms with Gasteiger partial charge in [0.25, 0.3) is 0 Å². The standard InChI is InChI=1S/C24H35P/c1-2-3-4-11-18-24(21-25,19-16-22-12-7-5-8-13-22)20-17-23-14-9-6-10-15-23/h5-10,12-15H,2-4,11,16-21,25H2,1H3. The van der Waals surface area contributed by atoms with Crippen LogP contribution in [0.25, 0.3) is 0 Å². The van der Waals surface area contributed by atoms with Crippen LogP contribution in [0.4, 0.5) is 0 Å². The van der Waals surface area contributed by atoms with Gasteiger partial charge in [-0.1, -0.05) is 93.3 Å². The van der Waals surface area contributed by atoms with Gasteiger partial charge in [-0.2, -0.15) is 0 Å². The fourth-order valence-corrected chi connectivity index (χ4v) is 4.33. The number of rotatable bonds is 12. The molecular weight excluding hydrogens is 319 g/mol. The monoisotopic (exact) mass is 354 g/mol. The molecule has 1 atom stereocenters. The van der Waals surface area contributed by atoms with E-state index >= 15 is 0 Å². The first-order valence-corrected chi connectivity index (χ1v) is 10.9. The minimum atomic E-state index is 0.462. The van der Waals surface area contributed by atoms with Crippen molar-refractivity contribution >= 4 is 9.24 Å². The molecule has 0 N–H and O–H groups in total. The minimum Gasteiger partial charge on any atom is -0.137 e. The topological polar surface area (TPSA) is 0 Å². The maximum Gasteiger partial charge on any atom is -0.0257 e. The van der Waals surface area contributed by atoms with E-state index in [0.29, 0.717) is 5.41 Å². The van der Waals surface area contributed by atoms with E-state index in [0.717, 1.165) is 0 Å². The molecule has 0 aliphatic carbocycles. The van der Waals surface area contributed by atoms with Crippen molar-refractivity contribution in [1.82, 2.24) is 0 Å². The predicted molar refractivity (Wildman–Crippen MR) is 115 cm³/mol. The van der Waals surface area contributed by atoms with Gasteiger partial charge < -0.3 is 0 Å². The molecule has 0 aromatic heterocycles. The molecule has 0 aliphatic rings. The molecule has 0 aliphatic heterocycles. The summed E-state index contributed by atoms with van der Waals surface area (Å²) in [5.74, 6) is 0. The van der Waals surface area contributed by atoms with Gasteiger partial charge in [-0.25, -0.2) is 0 Å². The first-order chi connectivity index (χ1) is 12.3. The van der Waals surface area contributed by atoms with Crippen molar-refractivity contribution in [3.8, 4) is 0 Å². The Bertz CT molecular complexity index is 518. The molecule has 0 saturated heterocycles. The third kappa shape index (κ3) is 7.33. The van der Waals surface area contributed by atoms with E-state index in [-0.39, 0.29) is 0 Å². The lowest BCUT2D eigenvalue weighted by Gasteiger charge is -2.33. The fraction of sp³-hybridized carbons (Fsp3) is 0.500. The summed E-state index contributed by atoms with van der Waals surface area (Å²) in [6, 6.07) is 22.0. The van der Waals surface area contributed by atoms with E-state index in [1.165, 1.54) is 75.1 Å². The van der Waals surface area contributed by atoms with Gasteiger partial charge in [-0.15, -0.1) is 9.24 Å². The summed E-state index contributed by atoms with van der Waals surface area (Å²) in [5, 5.41) is 0. The zero-order valence-electron chi connectivity index (χ0n) is 15.9. The van der Waals surface area contributed by atoms with Gasteiger partial charge in [0.15, 0.2) is 0 Å². The summed E-state index contributed by atoms with van der Waals surface area (Å²) in [7, 11) is 3.07. The van der Waals surface area contributed by atoms with Gasteiger partial charge in [0.1, 0.15) is 0 Å². The van der Waals surface area contributed by atoms with E-state index in [1.54, 1.807) is 0 Å². The average molecular weight is 355 g/mol. The molecule has 0 amide bonds. The number of hydrogen-bond donors (Lipinski definition) is 0. The Kier molecular flexibility index (Phi) is 9.27. The van der Waals surface area contributed by atoms with Crippen molar-refractivity contribution in [1.29, 1.82) is 0 Å². The zero-order chi connectivity index (χ0) is 17.8. The Hall–Kier alpha value is -1.13. The molecule has 1 heteroatoms. The quantitative estimate of drug-likeness (QED) is 0.282. The lowest BCUT2D eigenvalue weighted by atomic mass is 9.75. The van der Waals surface area contributed by atoms with Gasteiger partial charge in [0.2, 0.25) is 0 Å². The summed E-state index contributed by atoms with van der Waals surface area (Å²) in [6.45, 7) is 2.30. The van der Waals surface area contributed by atoms with Crippen molar-refractivity contribution < 1.29 is 0 Å². The lowest BCUT2D eigenvalue weighted by molar-refractivity contribution is 0.247. The zero-order valence-corrected chi connectivity index (χ0v) is 17.1. The summed E-state index contributed by atoms with van der Waals surface area (Å²) in [5.41, 5.74) is 3.43. The minimum absolute atomic E-state index is 0.462. The van der Waals surface area contributed by atoms with Gasteiger partial charge in [-0.3, -0.25) is 0 Å². The Morgan fingerprint density at radius 3 is 1.64 bits per heavy atom. The summed E-state index contributed by atoms with van der Waals surface area (Å²) in [6.07, 6.45) is 13.1. The molecule has 2 aromatic rings. The number of hydrogen-bond acceptors (Lipinski definition) is 0. The molecule has 1 unspecified atom stereocenters. The molecule has 2 aromatic carbocycles. The van der Waals surface area contributed by atoms with E-state index in [4.69, 9.17) is 0 Å². The molecular formula is C24H35P. The van der Waals surface area contributed by atoms with Crippen molar-refractivity contribution in [2.45, 2.75) is 64.7 Å². The molecule has 0 spiro atoms. The lowest BCUT2D eigenvalue weighted by Crippen LogP contribution is -2.25. The van der Waals surface area contributed by atoms with Crippen LogP contribution in [0, 0.1) is 5.41 Å². The van der Waals surface area contributed by atoms with Crippen molar-refractivity contribution in [2.24, 2.45) is 5.41 Å². The Labute approximate surface area is 157 Å². The summed E-state index contributed by atoms with van der Waals surface area (Å²) >= 11 is 0. The SMILES string of the molecule is CCCCCCC(CP)(CCc1ccccc1)CCc1ccccc1. The van der Waals surface area contributed by atoms with Crippen molar-refractivity contribution in [3.05, 3.63) is 71.8 Å². The number of benzene rings is 2. The molecule has 0 heterocycles. The second-order valence-electron chi connectivity index (χ2n) is 7.49. The first kappa shape index (κ1) is 20.2. The largest absolute Gasteiger partial charge is 0.137 e. The number of unbranched alkanes of at least 4 members (excludes halogenated alkanes) is 3. The maximum atomic E-state index is 3.07. The van der Waals surface area contributed by atoms with Crippen LogP contribution >= 0.6 is 9.24 Å². The second-order valence-corrected chi connectivity index (χ2v) is 7.89. The molecule has 0 nitrogen and oxygen atoms in total. The Morgan fingerprint density at radius 2 is 1.20 bits per heavy atom. The highest BCUT2D eigenvalue weighted by molar-refractivity contribution is 7.16. The van der Waals surface area contributed by atoms with E-state index in [1.807, 2.05) is 0 Å². The van der Waals surface area contributed by atoms with Gasteiger partial charge in [0, 0.05) is 0 Å². The van der Waals surface area contributed by atoms with Crippen LogP contribution in [0.3, 0.4) is 0 Å². The molecule has 0 fully saturated rings. The summed E-state index contributed by atoms with van der Waals surface area (Å²) in [4.78, 5) is 0.